The molecule has 3 aromatic rings. The topological polar surface area (TPSA) is 88.5 Å². The number of aromatic nitrogens is 1. The number of fused-ring (bicyclic) bond motifs is 1. The van der Waals surface area contributed by atoms with Gasteiger partial charge in [0.25, 0.3) is 5.91 Å². The number of carbonyl (C=O) groups excluding carboxylic acids is 1. The molecule has 0 saturated carbocycles. The van der Waals surface area contributed by atoms with Crippen molar-refractivity contribution in [3.8, 4) is 17.0 Å². The number of rotatable bonds is 6. The quantitative estimate of drug-likeness (QED) is 0.676. The second-order valence-corrected chi connectivity index (χ2v) is 5.70. The molecule has 0 atom stereocenters. The van der Waals surface area contributed by atoms with Crippen molar-refractivity contribution in [1.29, 1.82) is 0 Å². The van der Waals surface area contributed by atoms with E-state index in [-0.39, 0.29) is 31.3 Å². The summed E-state index contributed by atoms with van der Waals surface area (Å²) in [7, 11) is 1.60. The van der Waals surface area contributed by atoms with Crippen molar-refractivity contribution in [2.45, 2.75) is 6.42 Å². The maximum Gasteiger partial charge on any atom is 0.305 e. The van der Waals surface area contributed by atoms with Gasteiger partial charge in [0.05, 0.1) is 30.3 Å². The van der Waals surface area contributed by atoms with E-state index in [2.05, 4.69) is 10.3 Å². The van der Waals surface area contributed by atoms with Gasteiger partial charge in [0.15, 0.2) is 0 Å². The number of nitrogens with zero attached hydrogens (tertiary/aromatic N) is 1. The number of pyridine rings is 1. The van der Waals surface area contributed by atoms with Gasteiger partial charge in [0.1, 0.15) is 5.75 Å². The molecule has 6 nitrogen and oxygen atoms in total. The number of carbonyl (C=O) groups is 2. The molecule has 0 fully saturated rings. The van der Waals surface area contributed by atoms with Crippen LogP contribution in [-0.4, -0.2) is 35.6 Å². The van der Waals surface area contributed by atoms with Crippen LogP contribution in [-0.2, 0) is 4.79 Å². The third-order valence-corrected chi connectivity index (χ3v) is 3.97. The van der Waals surface area contributed by atoms with Gasteiger partial charge in [-0.25, -0.2) is 4.98 Å². The third-order valence-electron chi connectivity index (χ3n) is 3.97. The zero-order valence-electron chi connectivity index (χ0n) is 14.6. The fourth-order valence-corrected chi connectivity index (χ4v) is 2.65. The first kappa shape index (κ1) is 20.2. The standard InChI is InChI=1S/C20H18N2O4.ClH/c1-26-14-8-6-13(7-9-14)18-12-16(20(25)21-11-10-19(23)24)15-4-2-3-5-17(15)22-18;/h2-9,12H,10-11H2,1H3,(H,21,25)(H,23,24);1H. The van der Waals surface area contributed by atoms with Crippen LogP contribution in [0.4, 0.5) is 0 Å². The molecule has 0 spiro atoms. The van der Waals surface area contributed by atoms with Crippen LogP contribution in [0.1, 0.15) is 16.8 Å². The number of carboxylic acid groups (broad SMARTS) is 1. The molecule has 27 heavy (non-hydrogen) atoms. The Balaban J connectivity index is 0.00000261. The van der Waals surface area contributed by atoms with E-state index < -0.39 is 5.97 Å². The van der Waals surface area contributed by atoms with Gasteiger partial charge in [0.2, 0.25) is 0 Å². The molecule has 0 aliphatic rings. The van der Waals surface area contributed by atoms with E-state index >= 15 is 0 Å². The highest BCUT2D eigenvalue weighted by Gasteiger charge is 2.14. The summed E-state index contributed by atoms with van der Waals surface area (Å²) in [5.41, 5.74) is 2.68. The largest absolute Gasteiger partial charge is 0.497 e. The maximum atomic E-state index is 12.6. The summed E-state index contributed by atoms with van der Waals surface area (Å²) < 4.78 is 5.17. The van der Waals surface area contributed by atoms with Gasteiger partial charge in [-0.3, -0.25) is 9.59 Å². The first-order valence-corrected chi connectivity index (χ1v) is 8.12. The lowest BCUT2D eigenvalue weighted by Gasteiger charge is -2.10. The van der Waals surface area contributed by atoms with Crippen LogP contribution in [0.3, 0.4) is 0 Å². The minimum atomic E-state index is -0.955. The Labute approximate surface area is 162 Å². The van der Waals surface area contributed by atoms with Gasteiger partial charge in [-0.1, -0.05) is 18.2 Å². The molecule has 0 saturated heterocycles. The number of amides is 1. The zero-order chi connectivity index (χ0) is 18.5. The molecule has 7 heteroatoms. The van der Waals surface area contributed by atoms with Crippen LogP contribution >= 0.6 is 12.4 Å². The molecular formula is C20H19ClN2O4. The highest BCUT2D eigenvalue weighted by Crippen LogP contribution is 2.26. The van der Waals surface area contributed by atoms with Crippen molar-refractivity contribution in [1.82, 2.24) is 10.3 Å². The average Bonchev–Trinajstić information content (AvgIpc) is 2.66. The SMILES string of the molecule is COc1ccc(-c2cc(C(=O)NCCC(=O)O)c3ccccc3n2)cc1.Cl. The number of halogens is 1. The molecule has 2 aromatic carbocycles. The minimum Gasteiger partial charge on any atom is -0.497 e. The van der Waals surface area contributed by atoms with E-state index in [0.717, 1.165) is 16.7 Å². The Bertz CT molecular complexity index is 958. The number of benzene rings is 2. The van der Waals surface area contributed by atoms with Crippen molar-refractivity contribution in [2.24, 2.45) is 0 Å². The lowest BCUT2D eigenvalue weighted by molar-refractivity contribution is -0.136. The van der Waals surface area contributed by atoms with Crippen LogP contribution in [0.2, 0.25) is 0 Å². The van der Waals surface area contributed by atoms with E-state index in [1.54, 1.807) is 13.2 Å². The van der Waals surface area contributed by atoms with E-state index in [1.807, 2.05) is 48.5 Å². The molecule has 1 heterocycles. The number of ether oxygens (including phenoxy) is 1. The normalized spacial score (nSPS) is 10.1. The molecule has 2 N–H and O–H groups in total. The van der Waals surface area contributed by atoms with Crippen molar-refractivity contribution in [2.75, 3.05) is 13.7 Å². The first-order chi connectivity index (χ1) is 12.6. The summed E-state index contributed by atoms with van der Waals surface area (Å²) in [4.78, 5) is 27.9. The van der Waals surface area contributed by atoms with Gasteiger partial charge >= 0.3 is 5.97 Å². The zero-order valence-corrected chi connectivity index (χ0v) is 15.5. The summed E-state index contributed by atoms with van der Waals surface area (Å²) in [5.74, 6) is -0.537. The molecule has 0 aliphatic carbocycles. The predicted octanol–water partition coefficient (Wildman–Crippen LogP) is 3.54. The fraction of sp³-hybridized carbons (Fsp3) is 0.150. The molecule has 0 radical (unpaired) electrons. The Morgan fingerprint density at radius 1 is 1.11 bits per heavy atom. The number of nitrogens with one attached hydrogen (secondary N) is 1. The molecule has 1 amide bonds. The predicted molar refractivity (Wildman–Crippen MR) is 106 cm³/mol. The van der Waals surface area contributed by atoms with Crippen LogP contribution in [0, 0.1) is 0 Å². The van der Waals surface area contributed by atoms with Crippen molar-refractivity contribution >= 4 is 35.2 Å². The van der Waals surface area contributed by atoms with E-state index in [4.69, 9.17) is 9.84 Å². The second-order valence-electron chi connectivity index (χ2n) is 5.70. The molecule has 1 aromatic heterocycles. The summed E-state index contributed by atoms with van der Waals surface area (Å²) in [6, 6.07) is 16.5. The van der Waals surface area contributed by atoms with E-state index in [1.165, 1.54) is 0 Å². The Morgan fingerprint density at radius 2 is 1.81 bits per heavy atom. The van der Waals surface area contributed by atoms with Gasteiger partial charge in [-0.05, 0) is 36.4 Å². The third kappa shape index (κ3) is 4.74. The molecule has 140 valence electrons. The Hall–Kier alpha value is -3.12. The van der Waals surface area contributed by atoms with Crippen molar-refractivity contribution in [3.05, 3.63) is 60.2 Å². The van der Waals surface area contributed by atoms with Crippen molar-refractivity contribution < 1.29 is 19.4 Å². The summed E-state index contributed by atoms with van der Waals surface area (Å²) in [5, 5.41) is 12.1. The maximum absolute atomic E-state index is 12.6. The highest BCUT2D eigenvalue weighted by atomic mass is 35.5. The van der Waals surface area contributed by atoms with Gasteiger partial charge in [-0.2, -0.15) is 0 Å². The average molecular weight is 387 g/mol. The van der Waals surface area contributed by atoms with Crippen LogP contribution < -0.4 is 10.1 Å². The fourth-order valence-electron chi connectivity index (χ4n) is 2.65. The van der Waals surface area contributed by atoms with Crippen LogP contribution in [0.5, 0.6) is 5.75 Å². The van der Waals surface area contributed by atoms with Gasteiger partial charge < -0.3 is 15.2 Å². The van der Waals surface area contributed by atoms with Crippen molar-refractivity contribution in [3.63, 3.8) is 0 Å². The van der Waals surface area contributed by atoms with Gasteiger partial charge in [-0.15, -0.1) is 12.4 Å². The summed E-state index contributed by atoms with van der Waals surface area (Å²) in [6.45, 7) is 0.0721. The smallest absolute Gasteiger partial charge is 0.305 e. The minimum absolute atomic E-state index is 0. The molecule has 0 unspecified atom stereocenters. The Morgan fingerprint density at radius 3 is 2.48 bits per heavy atom. The highest BCUT2D eigenvalue weighted by molar-refractivity contribution is 6.07. The Kier molecular flexibility index (Phi) is 6.73. The number of para-hydroxylation sites is 1. The van der Waals surface area contributed by atoms with Crippen LogP contribution in [0.25, 0.3) is 22.2 Å². The van der Waals surface area contributed by atoms with E-state index in [9.17, 15) is 9.59 Å². The summed E-state index contributed by atoms with van der Waals surface area (Å²) in [6.07, 6.45) is -0.125. The molecular weight excluding hydrogens is 368 g/mol. The number of carboxylic acids is 1. The molecule has 0 aliphatic heterocycles. The van der Waals surface area contributed by atoms with Crippen LogP contribution in [0.15, 0.2) is 54.6 Å². The molecule has 3 rings (SSSR count). The number of hydrogen-bond donors (Lipinski definition) is 2. The first-order valence-electron chi connectivity index (χ1n) is 8.12. The lowest BCUT2D eigenvalue weighted by atomic mass is 10.0. The molecule has 0 bridgehead atoms. The van der Waals surface area contributed by atoms with Gasteiger partial charge in [0, 0.05) is 17.5 Å². The monoisotopic (exact) mass is 386 g/mol. The lowest BCUT2D eigenvalue weighted by Crippen LogP contribution is -2.26. The number of methoxy groups -OCH3 is 1. The second kappa shape index (κ2) is 9.00. The van der Waals surface area contributed by atoms with E-state index in [0.29, 0.717) is 16.8 Å². The number of aliphatic carboxylic acids is 1. The number of hydrogen-bond acceptors (Lipinski definition) is 4. The summed E-state index contributed by atoms with van der Waals surface area (Å²) >= 11 is 0.